The van der Waals surface area contributed by atoms with Crippen LogP contribution in [0.5, 0.6) is 5.75 Å². The van der Waals surface area contributed by atoms with Crippen molar-refractivity contribution in [1.82, 2.24) is 9.47 Å². The zero-order valence-electron chi connectivity index (χ0n) is 18.8. The molecule has 1 aliphatic heterocycles. The number of nitrogens with zero attached hydrogens (tertiary/aromatic N) is 2. The van der Waals surface area contributed by atoms with Crippen molar-refractivity contribution in [1.29, 1.82) is 0 Å². The molecule has 4 aliphatic rings. The molecule has 2 heterocycles. The first-order chi connectivity index (χ1) is 15.1. The first-order valence-electron chi connectivity index (χ1n) is 12.1. The van der Waals surface area contributed by atoms with E-state index >= 15 is 0 Å². The van der Waals surface area contributed by atoms with Gasteiger partial charge in [-0.05, 0) is 85.9 Å². The van der Waals surface area contributed by atoms with E-state index in [4.69, 9.17) is 4.74 Å². The molecule has 0 unspecified atom stereocenters. The van der Waals surface area contributed by atoms with Crippen molar-refractivity contribution in [3.8, 4) is 5.75 Å². The highest BCUT2D eigenvalue weighted by molar-refractivity contribution is 5.86. The van der Waals surface area contributed by atoms with Gasteiger partial charge in [0.25, 0.3) is 0 Å². The predicted molar refractivity (Wildman–Crippen MR) is 125 cm³/mol. The molecule has 2 fully saturated rings. The monoisotopic (exact) mass is 412 g/mol. The SMILES string of the molecule is COc1ccc2c(c1)[C@]13CCN(CC4CC4)C[C@@]1(C2)Cc1c(n(C)c2ccccc12)C3. The second kappa shape index (κ2) is 6.16. The van der Waals surface area contributed by atoms with Crippen molar-refractivity contribution in [2.45, 2.75) is 43.9 Å². The molecule has 0 radical (unpaired) electrons. The number of rotatable bonds is 3. The van der Waals surface area contributed by atoms with Gasteiger partial charge >= 0.3 is 0 Å². The summed E-state index contributed by atoms with van der Waals surface area (Å²) in [6.45, 7) is 3.82. The normalized spacial score (nSPS) is 29.4. The van der Waals surface area contributed by atoms with Gasteiger partial charge in [0, 0.05) is 47.6 Å². The molecule has 0 N–H and O–H groups in total. The van der Waals surface area contributed by atoms with Gasteiger partial charge in [0.2, 0.25) is 0 Å². The van der Waals surface area contributed by atoms with Crippen LogP contribution in [0.1, 0.15) is 41.6 Å². The molecule has 0 bridgehead atoms. The summed E-state index contributed by atoms with van der Waals surface area (Å²) >= 11 is 0. The van der Waals surface area contributed by atoms with E-state index in [9.17, 15) is 0 Å². The number of aryl methyl sites for hydroxylation is 1. The second-order valence-corrected chi connectivity index (χ2v) is 10.8. The van der Waals surface area contributed by atoms with Crippen LogP contribution in [0.4, 0.5) is 0 Å². The maximum absolute atomic E-state index is 5.70. The topological polar surface area (TPSA) is 17.4 Å². The fourth-order valence-corrected chi connectivity index (χ4v) is 7.62. The Morgan fingerprint density at radius 1 is 1.06 bits per heavy atom. The molecule has 1 saturated heterocycles. The molecule has 31 heavy (non-hydrogen) atoms. The number of para-hydroxylation sites is 1. The minimum absolute atomic E-state index is 0.242. The fraction of sp³-hybridized carbons (Fsp3) is 0.500. The standard InChI is InChI=1S/C28H32N2O/c1-29-25-6-4-3-5-22(25)23-15-27-14-20-9-10-21(31-2)13-24(20)28(27,16-26(23)29)11-12-30(18-27)17-19-7-8-19/h3-6,9-10,13,19H,7-8,11-12,14-18H2,1-2H3/t27-,28-/m1/s1. The molecule has 0 amide bonds. The zero-order valence-corrected chi connectivity index (χ0v) is 18.8. The van der Waals surface area contributed by atoms with Gasteiger partial charge in [-0.25, -0.2) is 0 Å². The van der Waals surface area contributed by atoms with Crippen LogP contribution in [-0.4, -0.2) is 36.2 Å². The third-order valence-electron chi connectivity index (χ3n) is 9.30. The number of aromatic nitrogens is 1. The van der Waals surface area contributed by atoms with Crippen LogP contribution >= 0.6 is 0 Å². The average molecular weight is 413 g/mol. The molecular weight excluding hydrogens is 380 g/mol. The van der Waals surface area contributed by atoms with E-state index in [1.807, 2.05) is 7.11 Å². The van der Waals surface area contributed by atoms with Crippen LogP contribution in [0.3, 0.4) is 0 Å². The highest BCUT2D eigenvalue weighted by Crippen LogP contribution is 2.63. The van der Waals surface area contributed by atoms with Gasteiger partial charge in [-0.1, -0.05) is 24.3 Å². The quantitative estimate of drug-likeness (QED) is 0.610. The lowest BCUT2D eigenvalue weighted by Crippen LogP contribution is -2.60. The van der Waals surface area contributed by atoms with Gasteiger partial charge in [-0.2, -0.15) is 0 Å². The third-order valence-corrected chi connectivity index (χ3v) is 9.30. The summed E-state index contributed by atoms with van der Waals surface area (Å²) in [6, 6.07) is 16.0. The highest BCUT2D eigenvalue weighted by Gasteiger charge is 2.62. The molecule has 1 aromatic heterocycles. The molecule has 2 aromatic carbocycles. The van der Waals surface area contributed by atoms with Gasteiger partial charge in [0.05, 0.1) is 7.11 Å². The van der Waals surface area contributed by atoms with Crippen LogP contribution in [0.25, 0.3) is 10.9 Å². The predicted octanol–water partition coefficient (Wildman–Crippen LogP) is 4.88. The summed E-state index contributed by atoms with van der Waals surface area (Å²) < 4.78 is 8.20. The molecule has 3 aromatic rings. The maximum atomic E-state index is 5.70. The van der Waals surface area contributed by atoms with Crippen LogP contribution in [-0.2, 0) is 31.7 Å². The van der Waals surface area contributed by atoms with Crippen molar-refractivity contribution >= 4 is 10.9 Å². The van der Waals surface area contributed by atoms with E-state index in [1.165, 1.54) is 69.1 Å². The van der Waals surface area contributed by atoms with Crippen molar-refractivity contribution in [2.75, 3.05) is 26.7 Å². The minimum atomic E-state index is 0.242. The summed E-state index contributed by atoms with van der Waals surface area (Å²) in [5, 5.41) is 1.48. The van der Waals surface area contributed by atoms with Crippen molar-refractivity contribution in [2.24, 2.45) is 18.4 Å². The molecule has 3 heteroatoms. The molecule has 2 atom stereocenters. The zero-order chi connectivity index (χ0) is 20.8. The van der Waals surface area contributed by atoms with E-state index in [-0.39, 0.29) is 5.41 Å². The molecule has 3 aliphatic carbocycles. The summed E-state index contributed by atoms with van der Waals surface area (Å²) in [5.41, 5.74) is 8.32. The van der Waals surface area contributed by atoms with E-state index in [1.54, 1.807) is 22.4 Å². The van der Waals surface area contributed by atoms with E-state index in [0.29, 0.717) is 5.41 Å². The molecule has 160 valence electrons. The molecule has 1 saturated carbocycles. The average Bonchev–Trinajstić information content (AvgIpc) is 3.51. The summed E-state index contributed by atoms with van der Waals surface area (Å²) in [5.74, 6) is 1.98. The smallest absolute Gasteiger partial charge is 0.119 e. The van der Waals surface area contributed by atoms with E-state index in [0.717, 1.165) is 11.7 Å². The van der Waals surface area contributed by atoms with Crippen molar-refractivity contribution < 1.29 is 4.74 Å². The molecule has 7 rings (SSSR count). The number of methoxy groups -OCH3 is 1. The van der Waals surface area contributed by atoms with Crippen LogP contribution in [0.2, 0.25) is 0 Å². The molecule has 3 nitrogen and oxygen atoms in total. The lowest BCUT2D eigenvalue weighted by atomic mass is 9.52. The Morgan fingerprint density at radius 3 is 2.77 bits per heavy atom. The summed E-state index contributed by atoms with van der Waals surface area (Å²) in [6.07, 6.45) is 7.77. The van der Waals surface area contributed by atoms with Crippen molar-refractivity contribution in [3.05, 3.63) is 64.8 Å². The van der Waals surface area contributed by atoms with Gasteiger partial charge in [-0.3, -0.25) is 0 Å². The number of piperidine rings is 1. The fourth-order valence-electron chi connectivity index (χ4n) is 7.62. The largest absolute Gasteiger partial charge is 0.497 e. The van der Waals surface area contributed by atoms with Crippen molar-refractivity contribution in [3.63, 3.8) is 0 Å². The second-order valence-electron chi connectivity index (χ2n) is 10.8. The van der Waals surface area contributed by atoms with Gasteiger partial charge in [0.1, 0.15) is 5.75 Å². The third kappa shape index (κ3) is 2.39. The van der Waals surface area contributed by atoms with Crippen LogP contribution < -0.4 is 4.74 Å². The number of benzene rings is 2. The summed E-state index contributed by atoms with van der Waals surface area (Å²) in [7, 11) is 4.09. The molecule has 0 spiro atoms. The Morgan fingerprint density at radius 2 is 1.94 bits per heavy atom. The number of fused-ring (bicyclic) bond motifs is 4. The number of ether oxygens (including phenoxy) is 1. The highest BCUT2D eigenvalue weighted by atomic mass is 16.5. The first-order valence-corrected chi connectivity index (χ1v) is 12.1. The maximum Gasteiger partial charge on any atom is 0.119 e. The van der Waals surface area contributed by atoms with Gasteiger partial charge in [0.15, 0.2) is 0 Å². The van der Waals surface area contributed by atoms with Crippen LogP contribution in [0, 0.1) is 11.3 Å². The number of likely N-dealkylation sites (tertiary alicyclic amines) is 1. The number of hydrogen-bond donors (Lipinski definition) is 0. The van der Waals surface area contributed by atoms with Gasteiger partial charge < -0.3 is 14.2 Å². The minimum Gasteiger partial charge on any atom is -0.497 e. The van der Waals surface area contributed by atoms with Crippen LogP contribution in [0.15, 0.2) is 42.5 Å². The van der Waals surface area contributed by atoms with E-state index < -0.39 is 0 Å². The Balaban J connectivity index is 1.42. The van der Waals surface area contributed by atoms with E-state index in [2.05, 4.69) is 59.0 Å². The first kappa shape index (κ1) is 18.3. The Bertz CT molecular complexity index is 1210. The summed E-state index contributed by atoms with van der Waals surface area (Å²) in [4.78, 5) is 2.83. The number of hydrogen-bond acceptors (Lipinski definition) is 2. The molecular formula is C28H32N2O. The van der Waals surface area contributed by atoms with Gasteiger partial charge in [-0.15, -0.1) is 0 Å². The Labute approximate surface area is 185 Å². The Hall–Kier alpha value is -2.26. The Kier molecular flexibility index (Phi) is 3.64. The lowest BCUT2D eigenvalue weighted by molar-refractivity contribution is 0.00135. The lowest BCUT2D eigenvalue weighted by Gasteiger charge is -2.56.